The van der Waals surface area contributed by atoms with Gasteiger partial charge in [0.2, 0.25) is 5.89 Å². The van der Waals surface area contributed by atoms with Crippen molar-refractivity contribution < 1.29 is 43.3 Å². The molecule has 312 valence electrons. The number of aliphatic carboxylic acids is 1. The molecule has 22 heteroatoms. The van der Waals surface area contributed by atoms with Gasteiger partial charge in [0.15, 0.2) is 5.69 Å². The van der Waals surface area contributed by atoms with Crippen molar-refractivity contribution in [3.8, 4) is 23.8 Å². The van der Waals surface area contributed by atoms with Crippen LogP contribution in [0, 0.1) is 46.4 Å². The Balaban J connectivity index is 0.000000817. The van der Waals surface area contributed by atoms with Gasteiger partial charge in [-0.3, -0.25) is 30.3 Å². The van der Waals surface area contributed by atoms with Gasteiger partial charge in [-0.1, -0.05) is 63.7 Å². The zero-order valence-corrected chi connectivity index (χ0v) is 36.0. The number of rotatable bonds is 13. The van der Waals surface area contributed by atoms with Crippen molar-refractivity contribution in [2.75, 3.05) is 43.5 Å². The number of hydrogen-bond acceptors (Lipinski definition) is 13. The van der Waals surface area contributed by atoms with Gasteiger partial charge in [-0.05, 0) is 49.2 Å². The van der Waals surface area contributed by atoms with Crippen LogP contribution in [-0.4, -0.2) is 79.8 Å². The molecule has 0 saturated carbocycles. The van der Waals surface area contributed by atoms with Gasteiger partial charge in [0.25, 0.3) is 5.69 Å². The van der Waals surface area contributed by atoms with Crippen LogP contribution in [0.3, 0.4) is 0 Å². The maximum atomic E-state index is 12.0. The predicted octanol–water partition coefficient (Wildman–Crippen LogP) is 5.82. The topological polar surface area (TPSA) is 265 Å². The Kier molecular flexibility index (Phi) is 22.0. The van der Waals surface area contributed by atoms with Crippen molar-refractivity contribution in [1.29, 1.82) is 0 Å². The molecule has 1 heterocycles. The summed E-state index contributed by atoms with van der Waals surface area (Å²) < 4.78 is 21.5. The van der Waals surface area contributed by atoms with E-state index < -0.39 is 47.4 Å². The Hall–Kier alpha value is -4.15. The normalized spacial score (nSPS) is 11.8. The largest absolute Gasteiger partial charge is 0.778 e. The first kappa shape index (κ1) is 51.9. The molecule has 0 spiro atoms. The molecule has 0 bridgehead atoms. The van der Waals surface area contributed by atoms with Crippen LogP contribution in [0.4, 0.5) is 17.1 Å². The molecule has 1 aromatic heterocycles. The molecule has 0 amide bonds. The number of carboxylic acids is 1. The van der Waals surface area contributed by atoms with E-state index >= 15 is 0 Å². The summed E-state index contributed by atoms with van der Waals surface area (Å²) in [4.78, 5) is 61.1. The van der Waals surface area contributed by atoms with E-state index in [1.807, 2.05) is 39.9 Å². The van der Waals surface area contributed by atoms with E-state index in [1.54, 1.807) is 13.8 Å². The van der Waals surface area contributed by atoms with Crippen molar-refractivity contribution in [2.24, 2.45) is 0 Å². The summed E-state index contributed by atoms with van der Waals surface area (Å²) in [6.45, 7) is 12.3. The number of benzene rings is 2. The average molecular weight is 868 g/mol. The molecule has 0 aliphatic rings. The lowest BCUT2D eigenvalue weighted by atomic mass is 9.97. The molecule has 0 aliphatic heterocycles. The Labute approximate surface area is 338 Å². The van der Waals surface area contributed by atoms with Crippen LogP contribution in [0.15, 0.2) is 27.4 Å². The van der Waals surface area contributed by atoms with Crippen LogP contribution in [0.25, 0.3) is 5.69 Å². The van der Waals surface area contributed by atoms with Crippen molar-refractivity contribution >= 4 is 64.7 Å². The number of carboxylic acid groups (broad SMARTS) is 1. The van der Waals surface area contributed by atoms with Gasteiger partial charge < -0.3 is 33.9 Å². The van der Waals surface area contributed by atoms with Gasteiger partial charge in [-0.2, -0.15) is 4.68 Å². The summed E-state index contributed by atoms with van der Waals surface area (Å²) in [6, 6.07) is 4.31. The number of anilines is 1. The smallest absolute Gasteiger partial charge is 0.442 e. The summed E-state index contributed by atoms with van der Waals surface area (Å²) in [5, 5.41) is 40.1. The number of terminal acetylenes is 1. The highest BCUT2D eigenvalue weighted by Crippen LogP contribution is 2.40. The van der Waals surface area contributed by atoms with Crippen LogP contribution in [-0.2, 0) is 25.7 Å². The second kappa shape index (κ2) is 23.8. The van der Waals surface area contributed by atoms with Gasteiger partial charge >= 0.3 is 17.4 Å². The molecule has 18 nitrogen and oxygen atoms in total. The number of hydrogen-bond donors (Lipinski definition) is 4. The van der Waals surface area contributed by atoms with E-state index in [1.165, 1.54) is 18.2 Å². The molecule has 4 N–H and O–H groups in total. The molecule has 0 fully saturated rings. The molecule has 3 rings (SSSR count). The molecule has 0 radical (unpaired) electrons. The number of halogens is 2. The number of ether oxygens (including phenoxy) is 1. The molecular formula is C34H49Cl2N6O12PS. The quantitative estimate of drug-likeness (QED) is 0.0518. The molecule has 2 aromatic carbocycles. The minimum absolute atomic E-state index is 0.0109. The first-order valence-electron chi connectivity index (χ1n) is 16.5. The van der Waals surface area contributed by atoms with Crippen LogP contribution in [0.5, 0.6) is 5.75 Å². The first-order chi connectivity index (χ1) is 25.7. The van der Waals surface area contributed by atoms with Crippen LogP contribution < -0.4 is 26.0 Å². The number of aryl methyl sites for hydroxylation is 1. The van der Waals surface area contributed by atoms with Gasteiger partial charge in [-0.15, -0.1) is 11.5 Å². The Morgan fingerprint density at radius 1 is 1.12 bits per heavy atom. The van der Waals surface area contributed by atoms with Gasteiger partial charge in [-0.25, -0.2) is 4.79 Å². The van der Waals surface area contributed by atoms with Crippen molar-refractivity contribution in [1.82, 2.24) is 15.1 Å². The zero-order valence-electron chi connectivity index (χ0n) is 32.8. The van der Waals surface area contributed by atoms with Crippen LogP contribution in [0.2, 0.25) is 10.0 Å². The minimum atomic E-state index is -4.35. The lowest BCUT2D eigenvalue weighted by molar-refractivity contribution is -0.392. The molecular weight excluding hydrogens is 818 g/mol. The fraction of sp³-hybridized carbons (Fsp3) is 0.500. The average Bonchev–Trinajstić information content (AvgIpc) is 3.45. The van der Waals surface area contributed by atoms with Crippen molar-refractivity contribution in [3.63, 3.8) is 0 Å². The molecule has 3 aromatic rings. The van der Waals surface area contributed by atoms with Crippen molar-refractivity contribution in [3.05, 3.63) is 76.0 Å². The van der Waals surface area contributed by atoms with E-state index in [2.05, 4.69) is 35.1 Å². The van der Waals surface area contributed by atoms with Gasteiger partial charge in [0.05, 0.1) is 57.2 Å². The van der Waals surface area contributed by atoms with Crippen LogP contribution in [0.1, 0.15) is 64.5 Å². The van der Waals surface area contributed by atoms with E-state index in [9.17, 15) is 39.3 Å². The van der Waals surface area contributed by atoms with E-state index in [0.29, 0.717) is 39.3 Å². The highest BCUT2D eigenvalue weighted by atomic mass is 35.5. The predicted molar refractivity (Wildman–Crippen MR) is 218 cm³/mol. The van der Waals surface area contributed by atoms with Crippen LogP contribution >= 0.6 is 30.8 Å². The lowest BCUT2D eigenvalue weighted by Gasteiger charge is -2.17. The van der Waals surface area contributed by atoms with E-state index in [0.717, 1.165) is 17.5 Å². The number of nitrogens with zero attached hydrogens (tertiary/aromatic N) is 4. The van der Waals surface area contributed by atoms with Gasteiger partial charge in [0.1, 0.15) is 20.0 Å². The number of aromatic nitrogens is 2. The van der Waals surface area contributed by atoms with E-state index in [-0.39, 0.29) is 39.8 Å². The Bertz CT molecular complexity index is 1950. The Morgan fingerprint density at radius 2 is 1.68 bits per heavy atom. The standard InChI is InChI=1S/C15H14Cl2N2O3.C13H19N3O4.C3H8NO5P.C3H9S/c1-5-6-21-12-8-11(9(16)7-10(12)17)19-14(20)22-13(18-19)15(2,3)4;1-5-10(6-2)14-12-11(15(17)18)7-8(3)9(4)13(12)16(19)20;5-3(6)1-4-2-10(7,8)9;1-4(2)3/h1,7-8H,6H2,2-4H3;7,10,14H,5-6H2,1-4H3;4H,1-2H2,(H,5,6)(H2,7,8,9);1-3H3/q;;;+1/p-1. The second-order valence-corrected chi connectivity index (χ2v) is 18.0. The summed E-state index contributed by atoms with van der Waals surface area (Å²) in [6.07, 6.45) is 12.5. The number of nitrogens with one attached hydrogen (secondary N) is 2. The minimum Gasteiger partial charge on any atom is -0.778 e. The fourth-order valence-electron chi connectivity index (χ4n) is 4.04. The number of carbonyl (C=O) groups is 1. The highest BCUT2D eigenvalue weighted by Gasteiger charge is 2.30. The maximum absolute atomic E-state index is 12.0. The fourth-order valence-corrected chi connectivity index (χ4v) is 4.95. The maximum Gasteiger partial charge on any atom is 0.442 e. The molecule has 1 unspecified atom stereocenters. The molecule has 0 aliphatic carbocycles. The third-order valence-corrected chi connectivity index (χ3v) is 8.05. The second-order valence-electron chi connectivity index (χ2n) is 13.1. The highest BCUT2D eigenvalue weighted by molar-refractivity contribution is 7.94. The molecule has 0 saturated heterocycles. The summed E-state index contributed by atoms with van der Waals surface area (Å²) in [5.74, 6) is 1.13. The van der Waals surface area contributed by atoms with E-state index in [4.69, 9.17) is 48.8 Å². The first-order valence-corrected chi connectivity index (χ1v) is 21.5. The monoisotopic (exact) mass is 866 g/mol. The molecule has 56 heavy (non-hydrogen) atoms. The summed E-state index contributed by atoms with van der Waals surface area (Å²) in [5.41, 5.74) is 0.452. The number of nitro groups is 2. The third-order valence-electron chi connectivity index (χ3n) is 6.82. The number of nitro benzene ring substituents is 2. The summed E-state index contributed by atoms with van der Waals surface area (Å²) in [7, 11) is -3.71. The third kappa shape index (κ3) is 18.2. The Morgan fingerprint density at radius 3 is 2.09 bits per heavy atom. The summed E-state index contributed by atoms with van der Waals surface area (Å²) >= 11 is 12.2. The zero-order chi connectivity index (χ0) is 43.7. The SMILES string of the molecule is C#CCOc1cc(-n2nc(C(C)(C)C)oc2=O)c(Cl)cc1Cl.CCC(CC)Nc1c([N+](=O)[O-])cc(C)c(C)c1[N+](=O)[O-].C[S+](C)C.O=C(O)CNCP(=O)([O-])O. The van der Waals surface area contributed by atoms with Gasteiger partial charge in [0, 0.05) is 29.2 Å². The lowest BCUT2D eigenvalue weighted by Crippen LogP contribution is -2.25. The van der Waals surface area contributed by atoms with Crippen molar-refractivity contribution in [2.45, 2.75) is 72.8 Å². The molecule has 1 atom stereocenters.